The number of piperazine rings is 1. The summed E-state index contributed by atoms with van der Waals surface area (Å²) in [6.07, 6.45) is 0. The second kappa shape index (κ2) is 10.7. The lowest BCUT2D eigenvalue weighted by atomic mass is 10.0. The minimum Gasteiger partial charge on any atom is -0.497 e. The number of hydrogen-bond donors (Lipinski definition) is 0. The van der Waals surface area contributed by atoms with Gasteiger partial charge in [0.2, 0.25) is 0 Å². The molecule has 0 aliphatic carbocycles. The Morgan fingerprint density at radius 1 is 0.889 bits per heavy atom. The largest absolute Gasteiger partial charge is 0.497 e. The molecule has 0 radical (unpaired) electrons. The van der Waals surface area contributed by atoms with Crippen molar-refractivity contribution >= 4 is 5.69 Å². The maximum Gasteiger partial charge on any atom is 0.173 e. The molecule has 0 spiro atoms. The molecule has 0 bridgehead atoms. The zero-order chi connectivity index (χ0) is 24.9. The SMILES string of the molecule is COc1ccc(OC)c([C@H](c2nnnn2Cc2ccccc2)N2CCN(c3ccc(F)cc3)CC2)c1. The zero-order valence-electron chi connectivity index (χ0n) is 20.4. The summed E-state index contributed by atoms with van der Waals surface area (Å²) in [7, 11) is 3.32. The lowest BCUT2D eigenvalue weighted by Crippen LogP contribution is -2.48. The third kappa shape index (κ3) is 5.01. The molecule has 9 heteroatoms. The fraction of sp³-hybridized carbons (Fsp3) is 0.296. The summed E-state index contributed by atoms with van der Waals surface area (Å²) < 4.78 is 26.6. The molecule has 0 N–H and O–H groups in total. The van der Waals surface area contributed by atoms with E-state index in [4.69, 9.17) is 9.47 Å². The van der Waals surface area contributed by atoms with E-state index in [0.29, 0.717) is 6.54 Å². The van der Waals surface area contributed by atoms with Crippen LogP contribution in [0.25, 0.3) is 0 Å². The number of benzene rings is 3. The van der Waals surface area contributed by atoms with E-state index in [-0.39, 0.29) is 11.9 Å². The van der Waals surface area contributed by atoms with Crippen LogP contribution >= 0.6 is 0 Å². The Labute approximate surface area is 209 Å². The van der Waals surface area contributed by atoms with E-state index in [0.717, 1.165) is 60.3 Å². The number of methoxy groups -OCH3 is 2. The molecule has 8 nitrogen and oxygen atoms in total. The van der Waals surface area contributed by atoms with Crippen molar-refractivity contribution in [1.82, 2.24) is 25.1 Å². The number of anilines is 1. The highest BCUT2D eigenvalue weighted by Gasteiger charge is 2.33. The first-order valence-corrected chi connectivity index (χ1v) is 11.9. The zero-order valence-corrected chi connectivity index (χ0v) is 20.4. The smallest absolute Gasteiger partial charge is 0.173 e. The Morgan fingerprint density at radius 2 is 1.64 bits per heavy atom. The standard InChI is InChI=1S/C27H29FN6O2/c1-35-23-12-13-25(36-2)24(18-23)26(27-29-30-31-34(27)19-20-6-4-3-5-7-20)33-16-14-32(15-17-33)22-10-8-21(28)9-11-22/h3-13,18,26H,14-17,19H2,1-2H3/t26-/m1/s1. The van der Waals surface area contributed by atoms with E-state index in [1.165, 1.54) is 12.1 Å². The van der Waals surface area contributed by atoms with Gasteiger partial charge in [-0.2, -0.15) is 0 Å². The molecular weight excluding hydrogens is 459 g/mol. The maximum absolute atomic E-state index is 13.4. The first kappa shape index (κ1) is 23.7. The molecule has 1 aromatic heterocycles. The molecule has 0 unspecified atom stereocenters. The minimum absolute atomic E-state index is 0.229. The van der Waals surface area contributed by atoms with Crippen molar-refractivity contribution in [2.75, 3.05) is 45.3 Å². The third-order valence-electron chi connectivity index (χ3n) is 6.58. The van der Waals surface area contributed by atoms with Gasteiger partial charge in [-0.25, -0.2) is 9.07 Å². The maximum atomic E-state index is 13.4. The van der Waals surface area contributed by atoms with Gasteiger partial charge in [-0.1, -0.05) is 30.3 Å². The van der Waals surface area contributed by atoms with E-state index in [1.54, 1.807) is 14.2 Å². The molecule has 186 valence electrons. The highest BCUT2D eigenvalue weighted by atomic mass is 19.1. The monoisotopic (exact) mass is 488 g/mol. The fourth-order valence-electron chi connectivity index (χ4n) is 4.72. The Kier molecular flexibility index (Phi) is 7.08. The van der Waals surface area contributed by atoms with Gasteiger partial charge < -0.3 is 14.4 Å². The number of rotatable bonds is 8. The molecule has 36 heavy (non-hydrogen) atoms. The van der Waals surface area contributed by atoms with Crippen LogP contribution in [0.2, 0.25) is 0 Å². The number of halogens is 1. The highest BCUT2D eigenvalue weighted by Crippen LogP contribution is 2.37. The first-order valence-electron chi connectivity index (χ1n) is 11.9. The van der Waals surface area contributed by atoms with Crippen LogP contribution in [-0.4, -0.2) is 65.5 Å². The van der Waals surface area contributed by atoms with E-state index < -0.39 is 0 Å². The predicted molar refractivity (Wildman–Crippen MR) is 135 cm³/mol. The fourth-order valence-corrected chi connectivity index (χ4v) is 4.72. The van der Waals surface area contributed by atoms with Gasteiger partial charge in [0.05, 0.1) is 20.8 Å². The van der Waals surface area contributed by atoms with Crippen LogP contribution in [-0.2, 0) is 6.54 Å². The van der Waals surface area contributed by atoms with Crippen molar-refractivity contribution in [1.29, 1.82) is 0 Å². The number of tetrazole rings is 1. The quantitative estimate of drug-likeness (QED) is 0.374. The number of aromatic nitrogens is 4. The molecule has 0 amide bonds. The van der Waals surface area contributed by atoms with Crippen LogP contribution < -0.4 is 14.4 Å². The average molecular weight is 489 g/mol. The molecule has 4 aromatic rings. The minimum atomic E-state index is -0.246. The van der Waals surface area contributed by atoms with Gasteiger partial charge >= 0.3 is 0 Å². The summed E-state index contributed by atoms with van der Waals surface area (Å²) in [6, 6.07) is 22.4. The van der Waals surface area contributed by atoms with Crippen molar-refractivity contribution in [3.05, 3.63) is 95.6 Å². The van der Waals surface area contributed by atoms with E-state index in [2.05, 4.69) is 37.5 Å². The molecule has 1 saturated heterocycles. The summed E-state index contributed by atoms with van der Waals surface area (Å²) >= 11 is 0. The van der Waals surface area contributed by atoms with Crippen LogP contribution in [0.3, 0.4) is 0 Å². The second-order valence-corrected chi connectivity index (χ2v) is 8.69. The molecule has 1 fully saturated rings. The predicted octanol–water partition coefficient (Wildman–Crippen LogP) is 3.79. The van der Waals surface area contributed by atoms with Gasteiger partial charge in [-0.05, 0) is 58.5 Å². The van der Waals surface area contributed by atoms with Crippen molar-refractivity contribution in [3.8, 4) is 11.5 Å². The summed E-state index contributed by atoms with van der Waals surface area (Å²) in [6.45, 7) is 3.66. The summed E-state index contributed by atoms with van der Waals surface area (Å²) in [4.78, 5) is 4.63. The Balaban J connectivity index is 1.49. The number of ether oxygens (including phenoxy) is 2. The average Bonchev–Trinajstić information content (AvgIpc) is 3.37. The Hall–Kier alpha value is -3.98. The Bertz CT molecular complexity index is 1270. The van der Waals surface area contributed by atoms with Crippen molar-refractivity contribution in [3.63, 3.8) is 0 Å². The van der Waals surface area contributed by atoms with Gasteiger partial charge in [0.15, 0.2) is 5.82 Å². The lowest BCUT2D eigenvalue weighted by molar-refractivity contribution is 0.197. The van der Waals surface area contributed by atoms with Crippen molar-refractivity contribution in [2.24, 2.45) is 0 Å². The summed E-state index contributed by atoms with van der Waals surface area (Å²) in [5.41, 5.74) is 3.07. The lowest BCUT2D eigenvalue weighted by Gasteiger charge is -2.40. The highest BCUT2D eigenvalue weighted by molar-refractivity contribution is 5.48. The second-order valence-electron chi connectivity index (χ2n) is 8.69. The molecule has 5 rings (SSSR count). The normalized spacial score (nSPS) is 15.0. The number of hydrogen-bond acceptors (Lipinski definition) is 7. The van der Waals surface area contributed by atoms with Gasteiger partial charge in [0.25, 0.3) is 0 Å². The first-order chi connectivity index (χ1) is 17.7. The van der Waals surface area contributed by atoms with Gasteiger partial charge in [0, 0.05) is 37.4 Å². The van der Waals surface area contributed by atoms with E-state index >= 15 is 0 Å². The summed E-state index contributed by atoms with van der Waals surface area (Å²) in [5.74, 6) is 1.99. The summed E-state index contributed by atoms with van der Waals surface area (Å²) in [5, 5.41) is 12.9. The molecule has 1 atom stereocenters. The molecule has 2 heterocycles. The Morgan fingerprint density at radius 3 is 2.33 bits per heavy atom. The molecule has 1 aliphatic heterocycles. The van der Waals surface area contributed by atoms with Crippen LogP contribution in [0, 0.1) is 5.82 Å². The van der Waals surface area contributed by atoms with Gasteiger partial charge in [-0.3, -0.25) is 4.90 Å². The van der Waals surface area contributed by atoms with Crippen LogP contribution in [0.1, 0.15) is 23.0 Å². The van der Waals surface area contributed by atoms with Crippen LogP contribution in [0.15, 0.2) is 72.8 Å². The topological polar surface area (TPSA) is 68.5 Å². The van der Waals surface area contributed by atoms with Crippen LogP contribution in [0.4, 0.5) is 10.1 Å². The third-order valence-corrected chi connectivity index (χ3v) is 6.58. The van der Waals surface area contributed by atoms with Crippen molar-refractivity contribution in [2.45, 2.75) is 12.6 Å². The van der Waals surface area contributed by atoms with Gasteiger partial charge in [0.1, 0.15) is 23.4 Å². The molecule has 1 aliphatic rings. The number of nitrogens with zero attached hydrogens (tertiary/aromatic N) is 6. The van der Waals surface area contributed by atoms with E-state index in [1.807, 2.05) is 53.2 Å². The molecular formula is C27H29FN6O2. The van der Waals surface area contributed by atoms with Crippen molar-refractivity contribution < 1.29 is 13.9 Å². The van der Waals surface area contributed by atoms with Gasteiger partial charge in [-0.15, -0.1) is 5.10 Å². The molecule has 3 aromatic carbocycles. The molecule has 0 saturated carbocycles. The van der Waals surface area contributed by atoms with E-state index in [9.17, 15) is 4.39 Å². The van der Waals surface area contributed by atoms with Crippen LogP contribution in [0.5, 0.6) is 11.5 Å².